The Labute approximate surface area is 195 Å². The summed E-state index contributed by atoms with van der Waals surface area (Å²) in [5, 5.41) is 1.54. The van der Waals surface area contributed by atoms with Gasteiger partial charge in [0, 0.05) is 26.9 Å². The van der Waals surface area contributed by atoms with Crippen molar-refractivity contribution in [3.05, 3.63) is 89.5 Å². The minimum atomic E-state index is -0.329. The van der Waals surface area contributed by atoms with Crippen LogP contribution in [0.15, 0.2) is 72.8 Å². The first kappa shape index (κ1) is 22.9. The van der Waals surface area contributed by atoms with E-state index in [2.05, 4.69) is 18.2 Å². The van der Waals surface area contributed by atoms with Gasteiger partial charge in [0.15, 0.2) is 0 Å². The Kier molecular flexibility index (Phi) is 7.63. The third kappa shape index (κ3) is 6.59. The summed E-state index contributed by atoms with van der Waals surface area (Å²) in [7, 11) is 1.75. The monoisotopic (exact) mass is 445 g/mol. The lowest BCUT2D eigenvalue weighted by Gasteiger charge is -2.22. The van der Waals surface area contributed by atoms with Crippen molar-refractivity contribution in [3.63, 3.8) is 0 Å². The summed E-state index contributed by atoms with van der Waals surface area (Å²) < 4.78 is 12.4. The summed E-state index contributed by atoms with van der Waals surface area (Å²) in [6, 6.07) is 24.2. The van der Waals surface area contributed by atoms with Crippen LogP contribution in [0.25, 0.3) is 0 Å². The fourth-order valence-electron chi connectivity index (χ4n) is 4.19. The maximum atomic E-state index is 11.2. The number of ether oxygens (including phenoxy) is 2. The lowest BCUT2D eigenvalue weighted by molar-refractivity contribution is -0.182. The minimum absolute atomic E-state index is 0.170. The van der Waals surface area contributed by atoms with Gasteiger partial charge in [0.25, 0.3) is 0 Å². The molecule has 5 nitrogen and oxygen atoms in total. The van der Waals surface area contributed by atoms with Crippen molar-refractivity contribution in [1.82, 2.24) is 5.06 Å². The van der Waals surface area contributed by atoms with Crippen LogP contribution in [-0.4, -0.2) is 24.6 Å². The highest BCUT2D eigenvalue weighted by Crippen LogP contribution is 2.31. The van der Waals surface area contributed by atoms with Gasteiger partial charge in [-0.1, -0.05) is 36.4 Å². The molecule has 1 unspecified atom stereocenters. The van der Waals surface area contributed by atoms with Gasteiger partial charge in [-0.2, -0.15) is 0 Å². The number of hydrogen-bond acceptors (Lipinski definition) is 5. The Balaban J connectivity index is 1.41. The van der Waals surface area contributed by atoms with Crippen LogP contribution in [0.4, 0.5) is 0 Å². The number of carbonyl (C=O) groups is 1. The highest BCUT2D eigenvalue weighted by molar-refractivity contribution is 5.65. The van der Waals surface area contributed by atoms with E-state index in [1.54, 1.807) is 7.05 Å². The molecule has 0 aromatic heterocycles. The molecule has 5 heteroatoms. The fourth-order valence-corrected chi connectivity index (χ4v) is 4.19. The summed E-state index contributed by atoms with van der Waals surface area (Å²) in [5.74, 6) is 2.09. The molecular formula is C28H31NO4. The lowest BCUT2D eigenvalue weighted by Crippen LogP contribution is -2.25. The van der Waals surface area contributed by atoms with Crippen LogP contribution in [0.3, 0.4) is 0 Å². The molecule has 0 spiro atoms. The van der Waals surface area contributed by atoms with Gasteiger partial charge in [-0.05, 0) is 78.8 Å². The summed E-state index contributed by atoms with van der Waals surface area (Å²) >= 11 is 0. The standard InChI is InChI=1S/C28H31NO4/c1-21(30)33-29(2)19-18-28(23-9-4-3-5-10-23)32-26-16-14-25(15-17-26)31-27-13-12-22-8-6-7-11-24(22)20-27/h3-5,9-10,12-17,20,28H,6-8,11,18-19H2,1-2H3. The van der Waals surface area contributed by atoms with Crippen molar-refractivity contribution in [2.24, 2.45) is 0 Å². The van der Waals surface area contributed by atoms with Gasteiger partial charge in [0.05, 0.1) is 0 Å². The van der Waals surface area contributed by atoms with Gasteiger partial charge in [0.1, 0.15) is 23.4 Å². The Morgan fingerprint density at radius 3 is 2.27 bits per heavy atom. The van der Waals surface area contributed by atoms with Crippen molar-refractivity contribution >= 4 is 5.97 Å². The largest absolute Gasteiger partial charge is 0.486 e. The molecule has 0 aliphatic heterocycles. The van der Waals surface area contributed by atoms with Gasteiger partial charge >= 0.3 is 5.97 Å². The first-order valence-corrected chi connectivity index (χ1v) is 11.6. The molecule has 1 atom stereocenters. The van der Waals surface area contributed by atoms with E-state index in [-0.39, 0.29) is 12.1 Å². The van der Waals surface area contributed by atoms with Crippen LogP contribution in [0.5, 0.6) is 17.2 Å². The second-order valence-corrected chi connectivity index (χ2v) is 8.45. The molecule has 33 heavy (non-hydrogen) atoms. The Morgan fingerprint density at radius 2 is 1.55 bits per heavy atom. The zero-order chi connectivity index (χ0) is 23.0. The van der Waals surface area contributed by atoms with E-state index in [1.807, 2.05) is 54.6 Å². The van der Waals surface area contributed by atoms with Crippen LogP contribution < -0.4 is 9.47 Å². The maximum absolute atomic E-state index is 11.2. The molecule has 3 aromatic rings. The number of rotatable bonds is 9. The van der Waals surface area contributed by atoms with E-state index in [0.717, 1.165) is 29.2 Å². The molecule has 0 bridgehead atoms. The fraction of sp³-hybridized carbons (Fsp3) is 0.321. The van der Waals surface area contributed by atoms with Crippen LogP contribution in [0.2, 0.25) is 0 Å². The van der Waals surface area contributed by atoms with Crippen molar-refractivity contribution in [3.8, 4) is 17.2 Å². The lowest BCUT2D eigenvalue weighted by atomic mass is 9.92. The van der Waals surface area contributed by atoms with Crippen LogP contribution in [0.1, 0.15) is 49.0 Å². The highest BCUT2D eigenvalue weighted by Gasteiger charge is 2.16. The summed E-state index contributed by atoms with van der Waals surface area (Å²) in [6.07, 6.45) is 5.33. The number of carbonyl (C=O) groups excluding carboxylic acids is 1. The van der Waals surface area contributed by atoms with Gasteiger partial charge < -0.3 is 14.3 Å². The molecule has 3 aromatic carbocycles. The molecular weight excluding hydrogens is 414 g/mol. The molecule has 0 saturated carbocycles. The molecule has 0 N–H and O–H groups in total. The Morgan fingerprint density at radius 1 is 0.879 bits per heavy atom. The minimum Gasteiger partial charge on any atom is -0.486 e. The average Bonchev–Trinajstić information content (AvgIpc) is 2.83. The van der Waals surface area contributed by atoms with Gasteiger partial charge in [-0.3, -0.25) is 4.79 Å². The van der Waals surface area contributed by atoms with Crippen molar-refractivity contribution in [2.45, 2.75) is 45.1 Å². The predicted octanol–water partition coefficient (Wildman–Crippen LogP) is 6.28. The molecule has 0 heterocycles. The number of fused-ring (bicyclic) bond motifs is 1. The third-order valence-corrected chi connectivity index (χ3v) is 5.82. The van der Waals surface area contributed by atoms with Crippen molar-refractivity contribution in [2.75, 3.05) is 13.6 Å². The molecule has 4 rings (SSSR count). The Hall–Kier alpha value is -3.31. The van der Waals surface area contributed by atoms with Gasteiger partial charge in [0.2, 0.25) is 0 Å². The molecule has 172 valence electrons. The summed E-state index contributed by atoms with van der Waals surface area (Å²) in [4.78, 5) is 16.3. The Bertz CT molecular complexity index is 1050. The average molecular weight is 446 g/mol. The summed E-state index contributed by atoms with van der Waals surface area (Å²) in [5.41, 5.74) is 3.93. The van der Waals surface area contributed by atoms with Crippen LogP contribution >= 0.6 is 0 Å². The van der Waals surface area contributed by atoms with Gasteiger partial charge in [-0.25, -0.2) is 0 Å². The molecule has 1 aliphatic carbocycles. The number of aryl methyl sites for hydroxylation is 2. The van der Waals surface area contributed by atoms with Gasteiger partial charge in [-0.15, -0.1) is 5.06 Å². The molecule has 1 aliphatic rings. The summed E-state index contributed by atoms with van der Waals surface area (Å²) in [6.45, 7) is 1.95. The number of nitrogens with zero attached hydrogens (tertiary/aromatic N) is 1. The molecule has 0 amide bonds. The highest BCUT2D eigenvalue weighted by atomic mass is 16.7. The molecule has 0 radical (unpaired) electrons. The predicted molar refractivity (Wildman–Crippen MR) is 128 cm³/mol. The van der Waals surface area contributed by atoms with Crippen molar-refractivity contribution < 1.29 is 19.1 Å². The van der Waals surface area contributed by atoms with E-state index in [4.69, 9.17) is 14.3 Å². The second-order valence-electron chi connectivity index (χ2n) is 8.45. The normalized spacial score (nSPS) is 13.8. The smallest absolute Gasteiger partial charge is 0.322 e. The van der Waals surface area contributed by atoms with E-state index in [9.17, 15) is 4.79 Å². The molecule has 0 fully saturated rings. The number of hydrogen-bond donors (Lipinski definition) is 0. The first-order valence-electron chi connectivity index (χ1n) is 11.6. The SMILES string of the molecule is CC(=O)ON(C)CCC(Oc1ccc(Oc2ccc3c(c2)CCCC3)cc1)c1ccccc1. The maximum Gasteiger partial charge on any atom is 0.322 e. The van der Waals surface area contributed by atoms with E-state index in [0.29, 0.717) is 13.0 Å². The second kappa shape index (κ2) is 11.0. The quantitative estimate of drug-likeness (QED) is 0.363. The zero-order valence-electron chi connectivity index (χ0n) is 19.3. The number of hydroxylamine groups is 2. The first-order chi connectivity index (χ1) is 16.1. The van der Waals surface area contributed by atoms with E-state index >= 15 is 0 Å². The topological polar surface area (TPSA) is 48.0 Å². The van der Waals surface area contributed by atoms with Crippen LogP contribution in [-0.2, 0) is 22.5 Å². The van der Waals surface area contributed by atoms with E-state index in [1.165, 1.54) is 42.4 Å². The molecule has 0 saturated heterocycles. The van der Waals surface area contributed by atoms with Crippen LogP contribution in [0, 0.1) is 0 Å². The van der Waals surface area contributed by atoms with E-state index < -0.39 is 0 Å². The number of benzene rings is 3. The zero-order valence-corrected chi connectivity index (χ0v) is 19.3. The van der Waals surface area contributed by atoms with Crippen molar-refractivity contribution in [1.29, 1.82) is 0 Å². The third-order valence-electron chi connectivity index (χ3n) is 5.82.